The van der Waals surface area contributed by atoms with Gasteiger partial charge >= 0.3 is 0 Å². The first-order valence-corrected chi connectivity index (χ1v) is 6.77. The van der Waals surface area contributed by atoms with Crippen LogP contribution in [-0.2, 0) is 13.6 Å². The van der Waals surface area contributed by atoms with Gasteiger partial charge in [0.1, 0.15) is 12.2 Å². The lowest BCUT2D eigenvalue weighted by Crippen LogP contribution is -2.34. The summed E-state index contributed by atoms with van der Waals surface area (Å²) in [6, 6.07) is 2.04. The van der Waals surface area contributed by atoms with Crippen molar-refractivity contribution in [2.24, 2.45) is 7.05 Å². The van der Waals surface area contributed by atoms with E-state index < -0.39 is 0 Å². The highest BCUT2D eigenvalue weighted by Gasteiger charge is 2.22. The second-order valence-electron chi connectivity index (χ2n) is 5.16. The molecule has 5 heteroatoms. The number of nitrogens with zero attached hydrogens (tertiary/aromatic N) is 5. The van der Waals surface area contributed by atoms with Gasteiger partial charge in [-0.25, -0.2) is 15.0 Å². The van der Waals surface area contributed by atoms with Gasteiger partial charge in [0.25, 0.3) is 0 Å². The molecular formula is C14H19N5. The predicted octanol–water partition coefficient (Wildman–Crippen LogP) is 1.59. The minimum absolute atomic E-state index is 0.525. The zero-order valence-corrected chi connectivity index (χ0v) is 11.2. The second kappa shape index (κ2) is 5.48. The Morgan fingerprint density at radius 2 is 2.26 bits per heavy atom. The highest BCUT2D eigenvalue weighted by molar-refractivity contribution is 5.08. The molecule has 2 aromatic rings. The van der Waals surface area contributed by atoms with Crippen molar-refractivity contribution in [2.45, 2.75) is 25.3 Å². The van der Waals surface area contributed by atoms with Crippen LogP contribution in [0.1, 0.15) is 30.3 Å². The summed E-state index contributed by atoms with van der Waals surface area (Å²) in [4.78, 5) is 15.3. The quantitative estimate of drug-likeness (QED) is 0.837. The molecule has 3 rings (SSSR count). The standard InChI is InChI=1S/C14H19N5/c1-18-8-6-16-14(18)10-19-7-2-3-12(9-19)13-4-5-15-11-17-13/h4-6,8,11-12H,2-3,7,9-10H2,1H3/t12-/m0/s1. The maximum atomic E-state index is 4.40. The van der Waals surface area contributed by atoms with Crippen LogP contribution in [-0.4, -0.2) is 37.5 Å². The molecule has 0 unspecified atom stereocenters. The van der Waals surface area contributed by atoms with E-state index in [1.807, 2.05) is 31.7 Å². The highest BCUT2D eigenvalue weighted by Crippen LogP contribution is 2.25. The topological polar surface area (TPSA) is 46.8 Å². The fourth-order valence-corrected chi connectivity index (χ4v) is 2.73. The average Bonchev–Trinajstić information content (AvgIpc) is 2.86. The Morgan fingerprint density at radius 3 is 3.00 bits per heavy atom. The molecule has 0 aromatic carbocycles. The Balaban J connectivity index is 1.67. The van der Waals surface area contributed by atoms with Gasteiger partial charge in [-0.3, -0.25) is 4.90 Å². The average molecular weight is 257 g/mol. The van der Waals surface area contributed by atoms with E-state index in [0.717, 1.165) is 25.5 Å². The van der Waals surface area contributed by atoms with E-state index in [1.165, 1.54) is 18.5 Å². The number of aromatic nitrogens is 4. The van der Waals surface area contributed by atoms with Crippen molar-refractivity contribution < 1.29 is 0 Å². The number of likely N-dealkylation sites (tertiary alicyclic amines) is 1. The Hall–Kier alpha value is -1.75. The van der Waals surface area contributed by atoms with Crippen molar-refractivity contribution >= 4 is 0 Å². The van der Waals surface area contributed by atoms with E-state index >= 15 is 0 Å². The van der Waals surface area contributed by atoms with Crippen LogP contribution in [0.2, 0.25) is 0 Å². The third kappa shape index (κ3) is 2.81. The van der Waals surface area contributed by atoms with Gasteiger partial charge < -0.3 is 4.57 Å². The Morgan fingerprint density at radius 1 is 1.32 bits per heavy atom. The maximum absolute atomic E-state index is 4.40. The van der Waals surface area contributed by atoms with Crippen molar-refractivity contribution in [3.05, 3.63) is 42.5 Å². The normalized spacial score (nSPS) is 20.6. The molecule has 0 aliphatic carbocycles. The molecule has 1 aliphatic heterocycles. The molecule has 0 spiro atoms. The van der Waals surface area contributed by atoms with E-state index in [1.54, 1.807) is 6.33 Å². The monoisotopic (exact) mass is 257 g/mol. The summed E-state index contributed by atoms with van der Waals surface area (Å²) < 4.78 is 2.09. The number of hydrogen-bond acceptors (Lipinski definition) is 4. The third-order valence-electron chi connectivity index (χ3n) is 3.81. The number of aryl methyl sites for hydroxylation is 1. The van der Waals surface area contributed by atoms with Crippen LogP contribution in [0.25, 0.3) is 0 Å². The molecule has 0 bridgehead atoms. The lowest BCUT2D eigenvalue weighted by molar-refractivity contribution is 0.192. The van der Waals surface area contributed by atoms with Gasteiger partial charge in [0, 0.05) is 43.8 Å². The van der Waals surface area contributed by atoms with Crippen LogP contribution in [0.3, 0.4) is 0 Å². The van der Waals surface area contributed by atoms with Crippen molar-refractivity contribution in [1.29, 1.82) is 0 Å². The van der Waals surface area contributed by atoms with Gasteiger partial charge in [0.2, 0.25) is 0 Å². The number of piperidine rings is 1. The van der Waals surface area contributed by atoms with Gasteiger partial charge in [-0.15, -0.1) is 0 Å². The summed E-state index contributed by atoms with van der Waals surface area (Å²) in [6.07, 6.45) is 9.78. The number of hydrogen-bond donors (Lipinski definition) is 0. The van der Waals surface area contributed by atoms with Crippen LogP contribution in [0.5, 0.6) is 0 Å². The number of rotatable bonds is 3. The summed E-state index contributed by atoms with van der Waals surface area (Å²) in [7, 11) is 2.05. The molecule has 1 aliphatic rings. The Kier molecular flexibility index (Phi) is 3.55. The van der Waals surface area contributed by atoms with Crippen molar-refractivity contribution in [3.63, 3.8) is 0 Å². The van der Waals surface area contributed by atoms with Gasteiger partial charge in [-0.2, -0.15) is 0 Å². The number of imidazole rings is 1. The third-order valence-corrected chi connectivity index (χ3v) is 3.81. The Labute approximate surface area is 113 Å². The molecule has 3 heterocycles. The van der Waals surface area contributed by atoms with Gasteiger partial charge in [0.05, 0.1) is 6.54 Å². The second-order valence-corrected chi connectivity index (χ2v) is 5.16. The molecule has 1 atom stereocenters. The van der Waals surface area contributed by atoms with Gasteiger partial charge in [-0.05, 0) is 25.5 Å². The van der Waals surface area contributed by atoms with E-state index in [0.29, 0.717) is 5.92 Å². The molecule has 0 N–H and O–H groups in total. The first kappa shape index (κ1) is 12.3. The van der Waals surface area contributed by atoms with E-state index in [-0.39, 0.29) is 0 Å². The zero-order valence-electron chi connectivity index (χ0n) is 11.2. The molecule has 0 saturated carbocycles. The summed E-state index contributed by atoms with van der Waals surface area (Å²) in [5.41, 5.74) is 1.17. The largest absolute Gasteiger partial charge is 0.337 e. The minimum Gasteiger partial charge on any atom is -0.337 e. The van der Waals surface area contributed by atoms with Crippen LogP contribution in [0.15, 0.2) is 31.0 Å². The molecule has 0 amide bonds. The summed E-state index contributed by atoms with van der Waals surface area (Å²) in [5.74, 6) is 1.65. The molecule has 100 valence electrons. The van der Waals surface area contributed by atoms with Crippen LogP contribution in [0, 0.1) is 0 Å². The molecular weight excluding hydrogens is 238 g/mol. The molecule has 1 saturated heterocycles. The molecule has 0 radical (unpaired) electrons. The minimum atomic E-state index is 0.525. The van der Waals surface area contributed by atoms with E-state index in [9.17, 15) is 0 Å². The van der Waals surface area contributed by atoms with Crippen molar-refractivity contribution in [1.82, 2.24) is 24.4 Å². The van der Waals surface area contributed by atoms with Gasteiger partial charge in [0.15, 0.2) is 0 Å². The zero-order chi connectivity index (χ0) is 13.1. The first-order valence-electron chi connectivity index (χ1n) is 6.77. The molecule has 2 aromatic heterocycles. The van der Waals surface area contributed by atoms with Crippen LogP contribution in [0.4, 0.5) is 0 Å². The molecule has 5 nitrogen and oxygen atoms in total. The predicted molar refractivity (Wildman–Crippen MR) is 72.5 cm³/mol. The molecule has 19 heavy (non-hydrogen) atoms. The van der Waals surface area contributed by atoms with Crippen molar-refractivity contribution in [2.75, 3.05) is 13.1 Å². The lowest BCUT2D eigenvalue weighted by atomic mass is 9.94. The SMILES string of the molecule is Cn1ccnc1CN1CCC[C@H](c2ccncn2)C1. The summed E-state index contributed by atoms with van der Waals surface area (Å²) in [5, 5.41) is 0. The molecule has 1 fully saturated rings. The smallest absolute Gasteiger partial charge is 0.122 e. The Bertz CT molecular complexity index is 522. The lowest BCUT2D eigenvalue weighted by Gasteiger charge is -2.32. The van der Waals surface area contributed by atoms with E-state index in [4.69, 9.17) is 0 Å². The summed E-state index contributed by atoms with van der Waals surface area (Å²) in [6.45, 7) is 3.13. The van der Waals surface area contributed by atoms with Crippen LogP contribution < -0.4 is 0 Å². The summed E-state index contributed by atoms with van der Waals surface area (Å²) >= 11 is 0. The fraction of sp³-hybridized carbons (Fsp3) is 0.500. The first-order chi connectivity index (χ1) is 9.33. The highest BCUT2D eigenvalue weighted by atomic mass is 15.2. The maximum Gasteiger partial charge on any atom is 0.122 e. The van der Waals surface area contributed by atoms with Gasteiger partial charge in [-0.1, -0.05) is 0 Å². The fourth-order valence-electron chi connectivity index (χ4n) is 2.73. The van der Waals surface area contributed by atoms with Crippen molar-refractivity contribution in [3.8, 4) is 0 Å². The van der Waals surface area contributed by atoms with E-state index in [2.05, 4.69) is 24.4 Å². The van der Waals surface area contributed by atoms with Crippen LogP contribution >= 0.6 is 0 Å².